The number of amides is 1. The van der Waals surface area contributed by atoms with Crippen LogP contribution in [0, 0.1) is 18.3 Å². The van der Waals surface area contributed by atoms with Crippen molar-refractivity contribution in [3.63, 3.8) is 0 Å². The summed E-state index contributed by atoms with van der Waals surface area (Å²) in [6.07, 6.45) is 1.77. The van der Waals surface area contributed by atoms with E-state index in [0.717, 1.165) is 24.5 Å². The number of piperazine rings is 1. The molecule has 0 unspecified atom stereocenters. The fourth-order valence-corrected chi connectivity index (χ4v) is 5.86. The van der Waals surface area contributed by atoms with Gasteiger partial charge in [-0.1, -0.05) is 24.0 Å². The van der Waals surface area contributed by atoms with Crippen LogP contribution in [0.4, 0.5) is 11.5 Å². The van der Waals surface area contributed by atoms with Crippen LogP contribution in [-0.2, 0) is 16.6 Å². The van der Waals surface area contributed by atoms with Gasteiger partial charge < -0.3 is 19.3 Å². The van der Waals surface area contributed by atoms with Crippen LogP contribution in [0.15, 0.2) is 34.0 Å². The molecule has 194 valence electrons. The van der Waals surface area contributed by atoms with Crippen molar-refractivity contribution >= 4 is 51.8 Å². The van der Waals surface area contributed by atoms with Crippen molar-refractivity contribution < 1.29 is 14.3 Å². The number of aromatic nitrogens is 1. The second kappa shape index (κ2) is 11.4. The van der Waals surface area contributed by atoms with Crippen molar-refractivity contribution in [2.45, 2.75) is 6.92 Å². The van der Waals surface area contributed by atoms with E-state index in [-0.39, 0.29) is 17.0 Å². The van der Waals surface area contributed by atoms with Crippen LogP contribution in [0.25, 0.3) is 6.08 Å². The molecule has 9 nitrogen and oxygen atoms in total. The molecule has 2 aromatic rings. The monoisotopic (exact) mass is 539 g/mol. The van der Waals surface area contributed by atoms with Crippen LogP contribution in [0.3, 0.4) is 0 Å². The molecule has 0 spiro atoms. The van der Waals surface area contributed by atoms with E-state index in [0.29, 0.717) is 52.4 Å². The predicted molar refractivity (Wildman–Crippen MR) is 150 cm³/mol. The van der Waals surface area contributed by atoms with Gasteiger partial charge in [0.1, 0.15) is 27.5 Å². The molecule has 2 aliphatic rings. The summed E-state index contributed by atoms with van der Waals surface area (Å²) in [6, 6.07) is 10.0. The minimum atomic E-state index is -0.350. The fraction of sp³-hybridized carbons (Fsp3) is 0.385. The zero-order valence-electron chi connectivity index (χ0n) is 21.3. The molecule has 1 aromatic heterocycles. The summed E-state index contributed by atoms with van der Waals surface area (Å²) < 4.78 is 12.4. The minimum Gasteiger partial charge on any atom is -0.497 e. The number of anilines is 2. The molecule has 0 radical (unpaired) electrons. The maximum absolute atomic E-state index is 13.1. The number of pyridine rings is 1. The highest BCUT2D eigenvalue weighted by Gasteiger charge is 2.33. The van der Waals surface area contributed by atoms with E-state index in [1.165, 1.54) is 21.2 Å². The molecule has 0 atom stereocenters. The molecular weight excluding hydrogens is 510 g/mol. The molecule has 1 aromatic carbocycles. The van der Waals surface area contributed by atoms with Gasteiger partial charge in [0, 0.05) is 51.6 Å². The number of thiocarbonyl (C=S) groups is 1. The van der Waals surface area contributed by atoms with Crippen molar-refractivity contribution in [1.82, 2.24) is 9.47 Å². The van der Waals surface area contributed by atoms with E-state index in [1.54, 1.807) is 34.3 Å². The third-order valence-corrected chi connectivity index (χ3v) is 8.03. The number of carbonyl (C=O) groups excluding carboxylic acids is 1. The zero-order chi connectivity index (χ0) is 26.7. The Bertz CT molecular complexity index is 1340. The second-order valence-electron chi connectivity index (χ2n) is 8.71. The molecule has 2 fully saturated rings. The summed E-state index contributed by atoms with van der Waals surface area (Å²) in [5, 5.41) is 9.71. The molecule has 0 aliphatic carbocycles. The molecule has 2 saturated heterocycles. The topological polar surface area (TPSA) is 91.0 Å². The number of methoxy groups -OCH3 is 2. The smallest absolute Gasteiger partial charge is 0.270 e. The molecule has 2 aliphatic heterocycles. The van der Waals surface area contributed by atoms with Gasteiger partial charge in [-0.2, -0.15) is 5.26 Å². The lowest BCUT2D eigenvalue weighted by molar-refractivity contribution is -0.122. The highest BCUT2D eigenvalue weighted by Crippen LogP contribution is 2.36. The summed E-state index contributed by atoms with van der Waals surface area (Å²) in [7, 11) is 4.90. The van der Waals surface area contributed by atoms with Gasteiger partial charge >= 0.3 is 0 Å². The van der Waals surface area contributed by atoms with Crippen molar-refractivity contribution in [1.29, 1.82) is 5.26 Å². The first-order chi connectivity index (χ1) is 17.8. The molecular formula is C26H29N5O4S2. The Morgan fingerprint density at radius 2 is 1.76 bits per heavy atom. The number of rotatable bonds is 7. The van der Waals surface area contributed by atoms with Crippen molar-refractivity contribution in [2.75, 3.05) is 63.4 Å². The van der Waals surface area contributed by atoms with Gasteiger partial charge in [0.25, 0.3) is 11.5 Å². The number of thioether (sulfide) groups is 1. The first kappa shape index (κ1) is 26.7. The summed E-state index contributed by atoms with van der Waals surface area (Å²) in [5.41, 5.74) is 2.07. The number of benzene rings is 1. The average molecular weight is 540 g/mol. The van der Waals surface area contributed by atoms with Crippen LogP contribution >= 0.6 is 24.0 Å². The molecule has 4 rings (SSSR count). The third kappa shape index (κ3) is 5.23. The lowest BCUT2D eigenvalue weighted by Crippen LogP contribution is -2.48. The highest BCUT2D eigenvalue weighted by molar-refractivity contribution is 8.26. The van der Waals surface area contributed by atoms with Crippen LogP contribution in [0.2, 0.25) is 0 Å². The maximum Gasteiger partial charge on any atom is 0.270 e. The summed E-state index contributed by atoms with van der Waals surface area (Å²) in [4.78, 5) is 32.6. The lowest BCUT2D eigenvalue weighted by atomic mass is 10.0. The molecule has 0 N–H and O–H groups in total. The Morgan fingerprint density at radius 1 is 1.11 bits per heavy atom. The first-order valence-corrected chi connectivity index (χ1v) is 13.0. The molecule has 1 amide bonds. The summed E-state index contributed by atoms with van der Waals surface area (Å²) in [5.74, 6) is 1.30. The van der Waals surface area contributed by atoms with E-state index >= 15 is 0 Å². The summed E-state index contributed by atoms with van der Waals surface area (Å²) in [6.45, 7) is 5.33. The third-order valence-electron chi connectivity index (χ3n) is 6.65. The number of ether oxygens (including phenoxy) is 2. The van der Waals surface area contributed by atoms with Crippen LogP contribution in [-0.4, -0.2) is 73.2 Å². The van der Waals surface area contributed by atoms with Gasteiger partial charge in [-0.3, -0.25) is 19.1 Å². The first-order valence-electron chi connectivity index (χ1n) is 11.8. The normalized spacial score (nSPS) is 17.1. The predicted octanol–water partition coefficient (Wildman–Crippen LogP) is 2.75. The largest absolute Gasteiger partial charge is 0.497 e. The standard InChI is InChI=1S/C26H29N5O4S2/c1-17-20(15-22-25(33)31(13-14-34-3)26(36)37-22)23(28(2)24(32)21(17)16-27)30-11-9-29(10-12-30)18-5-7-19(35-4)8-6-18/h5-8,15H,9-14H2,1-4H3. The van der Waals surface area contributed by atoms with E-state index in [2.05, 4.69) is 15.9 Å². The van der Waals surface area contributed by atoms with Gasteiger partial charge in [-0.05, 0) is 42.8 Å². The van der Waals surface area contributed by atoms with Gasteiger partial charge in [-0.25, -0.2) is 0 Å². The number of nitriles is 1. The fourth-order valence-electron chi connectivity index (χ4n) is 4.57. The Kier molecular flexibility index (Phi) is 8.22. The summed E-state index contributed by atoms with van der Waals surface area (Å²) >= 11 is 6.65. The molecule has 11 heteroatoms. The maximum atomic E-state index is 13.1. The van der Waals surface area contributed by atoms with E-state index in [9.17, 15) is 14.9 Å². The van der Waals surface area contributed by atoms with Crippen molar-refractivity contribution in [2.24, 2.45) is 7.05 Å². The highest BCUT2D eigenvalue weighted by atomic mass is 32.2. The SMILES string of the molecule is COCCN1C(=O)C(=Cc2c(C)c(C#N)c(=O)n(C)c2N2CCN(c3ccc(OC)cc3)CC2)SC1=S. The zero-order valence-corrected chi connectivity index (χ0v) is 22.9. The second-order valence-corrected chi connectivity index (χ2v) is 10.4. The number of carbonyl (C=O) groups is 1. The average Bonchev–Trinajstić information content (AvgIpc) is 3.18. The number of hydrogen-bond donors (Lipinski definition) is 0. The lowest BCUT2D eigenvalue weighted by Gasteiger charge is -2.38. The Hall–Kier alpha value is -3.33. The molecule has 0 bridgehead atoms. The van der Waals surface area contributed by atoms with Gasteiger partial charge in [0.15, 0.2) is 0 Å². The van der Waals surface area contributed by atoms with Crippen molar-refractivity contribution in [3.05, 3.63) is 56.2 Å². The Labute approximate surface area is 225 Å². The molecule has 3 heterocycles. The minimum absolute atomic E-state index is 0.0734. The van der Waals surface area contributed by atoms with Gasteiger partial charge in [-0.15, -0.1) is 0 Å². The van der Waals surface area contributed by atoms with Gasteiger partial charge in [0.2, 0.25) is 0 Å². The Balaban J connectivity index is 1.68. The van der Waals surface area contributed by atoms with Crippen LogP contribution in [0.5, 0.6) is 5.75 Å². The molecule has 0 saturated carbocycles. The van der Waals surface area contributed by atoms with Crippen LogP contribution in [0.1, 0.15) is 16.7 Å². The Morgan fingerprint density at radius 3 is 2.35 bits per heavy atom. The van der Waals surface area contributed by atoms with E-state index in [1.807, 2.05) is 24.3 Å². The van der Waals surface area contributed by atoms with Crippen molar-refractivity contribution in [3.8, 4) is 11.8 Å². The quantitative estimate of drug-likeness (QED) is 0.389. The van der Waals surface area contributed by atoms with E-state index < -0.39 is 0 Å². The van der Waals surface area contributed by atoms with E-state index in [4.69, 9.17) is 21.7 Å². The number of hydrogen-bond acceptors (Lipinski definition) is 9. The molecule has 37 heavy (non-hydrogen) atoms. The number of nitrogens with zero attached hydrogens (tertiary/aromatic N) is 5. The van der Waals surface area contributed by atoms with Gasteiger partial charge in [0.05, 0.1) is 25.2 Å². The van der Waals surface area contributed by atoms with Crippen LogP contribution < -0.4 is 20.1 Å².